The van der Waals surface area contributed by atoms with Gasteiger partial charge in [-0.3, -0.25) is 0 Å². The Labute approximate surface area is 140 Å². The van der Waals surface area contributed by atoms with Crippen LogP contribution in [0.3, 0.4) is 0 Å². The SMILES string of the molecule is C=C1C(N)CC2[C@H](O)C([C@@]3(C)CC[C@H](O)C[C@@H]3CN)CC[C@]12C. The molecule has 3 unspecified atom stereocenters. The molecule has 0 bridgehead atoms. The summed E-state index contributed by atoms with van der Waals surface area (Å²) < 4.78 is 0. The van der Waals surface area contributed by atoms with Crippen molar-refractivity contribution in [1.82, 2.24) is 0 Å². The van der Waals surface area contributed by atoms with E-state index in [4.69, 9.17) is 11.5 Å². The van der Waals surface area contributed by atoms with Gasteiger partial charge in [-0.15, -0.1) is 0 Å². The number of hydrogen-bond acceptors (Lipinski definition) is 4. The lowest BCUT2D eigenvalue weighted by molar-refractivity contribution is -0.117. The summed E-state index contributed by atoms with van der Waals surface area (Å²) >= 11 is 0. The molecule has 4 heteroatoms. The summed E-state index contributed by atoms with van der Waals surface area (Å²) in [6.45, 7) is 9.34. The van der Waals surface area contributed by atoms with Crippen LogP contribution < -0.4 is 11.5 Å². The molecule has 4 nitrogen and oxygen atoms in total. The van der Waals surface area contributed by atoms with Crippen LogP contribution in [-0.2, 0) is 0 Å². The van der Waals surface area contributed by atoms with Gasteiger partial charge in [0.2, 0.25) is 0 Å². The van der Waals surface area contributed by atoms with Crippen molar-refractivity contribution in [3.8, 4) is 0 Å². The Hall–Kier alpha value is -0.420. The maximum atomic E-state index is 11.2. The molecule has 3 aliphatic rings. The van der Waals surface area contributed by atoms with E-state index in [2.05, 4.69) is 20.4 Å². The molecule has 0 heterocycles. The van der Waals surface area contributed by atoms with Gasteiger partial charge in [-0.05, 0) is 73.7 Å². The van der Waals surface area contributed by atoms with Crippen LogP contribution in [0.1, 0.15) is 52.4 Å². The van der Waals surface area contributed by atoms with Crippen LogP contribution in [0, 0.1) is 28.6 Å². The van der Waals surface area contributed by atoms with Gasteiger partial charge in [-0.2, -0.15) is 0 Å². The van der Waals surface area contributed by atoms with E-state index in [0.29, 0.717) is 6.54 Å². The maximum absolute atomic E-state index is 11.2. The highest BCUT2D eigenvalue weighted by Crippen LogP contribution is 2.60. The summed E-state index contributed by atoms with van der Waals surface area (Å²) in [4.78, 5) is 0. The molecular formula is C19H34N2O2. The molecule has 0 radical (unpaired) electrons. The van der Waals surface area contributed by atoms with E-state index in [1.807, 2.05) is 0 Å². The zero-order valence-corrected chi connectivity index (χ0v) is 14.7. The number of hydrogen-bond donors (Lipinski definition) is 4. The van der Waals surface area contributed by atoms with Gasteiger partial charge in [0, 0.05) is 6.04 Å². The molecule has 0 aliphatic heterocycles. The fourth-order valence-electron chi connectivity index (χ4n) is 6.08. The van der Waals surface area contributed by atoms with Crippen molar-refractivity contribution in [3.63, 3.8) is 0 Å². The van der Waals surface area contributed by atoms with E-state index in [1.54, 1.807) is 0 Å². The second kappa shape index (κ2) is 5.83. The summed E-state index contributed by atoms with van der Waals surface area (Å²) in [5, 5.41) is 21.3. The van der Waals surface area contributed by atoms with Gasteiger partial charge in [0.25, 0.3) is 0 Å². The molecule has 0 amide bonds. The molecule has 0 aromatic heterocycles. The summed E-state index contributed by atoms with van der Waals surface area (Å²) in [6.07, 6.45) is 4.88. The molecule has 0 spiro atoms. The van der Waals surface area contributed by atoms with Gasteiger partial charge in [0.15, 0.2) is 0 Å². The predicted molar refractivity (Wildman–Crippen MR) is 92.6 cm³/mol. The Morgan fingerprint density at radius 1 is 1.13 bits per heavy atom. The highest BCUT2D eigenvalue weighted by atomic mass is 16.3. The highest BCUT2D eigenvalue weighted by Gasteiger charge is 2.57. The first kappa shape index (κ1) is 17.4. The van der Waals surface area contributed by atoms with Crippen molar-refractivity contribution in [3.05, 3.63) is 12.2 Å². The minimum Gasteiger partial charge on any atom is -0.393 e. The third-order valence-electron chi connectivity index (χ3n) is 7.94. The predicted octanol–water partition coefficient (Wildman–Crippen LogP) is 1.79. The second-order valence-corrected chi connectivity index (χ2v) is 8.89. The first-order valence-corrected chi connectivity index (χ1v) is 9.25. The smallest absolute Gasteiger partial charge is 0.0610 e. The van der Waals surface area contributed by atoms with Crippen LogP contribution in [0.25, 0.3) is 0 Å². The maximum Gasteiger partial charge on any atom is 0.0610 e. The topological polar surface area (TPSA) is 92.5 Å². The van der Waals surface area contributed by atoms with Crippen LogP contribution in [0.2, 0.25) is 0 Å². The van der Waals surface area contributed by atoms with E-state index in [0.717, 1.165) is 44.1 Å². The van der Waals surface area contributed by atoms with E-state index in [9.17, 15) is 10.2 Å². The van der Waals surface area contributed by atoms with Crippen LogP contribution in [0.4, 0.5) is 0 Å². The first-order chi connectivity index (χ1) is 10.7. The average molecular weight is 322 g/mol. The second-order valence-electron chi connectivity index (χ2n) is 8.89. The summed E-state index contributed by atoms with van der Waals surface area (Å²) in [7, 11) is 0. The lowest BCUT2D eigenvalue weighted by Gasteiger charge is -2.55. The lowest BCUT2D eigenvalue weighted by atomic mass is 9.52. The summed E-state index contributed by atoms with van der Waals surface area (Å²) in [6, 6.07) is 0.0182. The van der Waals surface area contributed by atoms with Gasteiger partial charge in [-0.25, -0.2) is 0 Å². The Morgan fingerprint density at radius 3 is 2.48 bits per heavy atom. The molecule has 132 valence electrons. The molecule has 0 saturated heterocycles. The van der Waals surface area contributed by atoms with Crippen molar-refractivity contribution in [2.45, 2.75) is 70.6 Å². The Kier molecular flexibility index (Phi) is 4.41. The fourth-order valence-corrected chi connectivity index (χ4v) is 6.08. The molecule has 0 aromatic rings. The van der Waals surface area contributed by atoms with Crippen molar-refractivity contribution in [2.24, 2.45) is 40.1 Å². The first-order valence-electron chi connectivity index (χ1n) is 9.25. The molecule has 3 fully saturated rings. The standard InChI is InChI=1S/C19H34N2O2/c1-11-16(21)9-15-17(23)14(5-7-18(11,15)2)19(3)6-4-13(22)8-12(19)10-20/h12-17,22-23H,1,4-10,20-21H2,2-3H3/t12-,13+,14?,15?,16?,17-,18-,19+/m1/s1. The highest BCUT2D eigenvalue weighted by molar-refractivity contribution is 5.26. The molecule has 23 heavy (non-hydrogen) atoms. The fraction of sp³-hybridized carbons (Fsp3) is 0.895. The minimum absolute atomic E-state index is 0.0158. The Bertz CT molecular complexity index is 482. The van der Waals surface area contributed by atoms with Crippen molar-refractivity contribution < 1.29 is 10.2 Å². The largest absolute Gasteiger partial charge is 0.393 e. The van der Waals surface area contributed by atoms with E-state index >= 15 is 0 Å². The summed E-state index contributed by atoms with van der Waals surface area (Å²) in [5.41, 5.74) is 13.4. The van der Waals surface area contributed by atoms with Gasteiger partial charge in [0.05, 0.1) is 12.2 Å². The van der Waals surface area contributed by atoms with Crippen molar-refractivity contribution in [1.29, 1.82) is 0 Å². The van der Waals surface area contributed by atoms with Gasteiger partial charge in [0.1, 0.15) is 0 Å². The molecular weight excluding hydrogens is 288 g/mol. The monoisotopic (exact) mass is 322 g/mol. The van der Waals surface area contributed by atoms with Crippen LogP contribution in [-0.4, -0.2) is 35.0 Å². The van der Waals surface area contributed by atoms with Gasteiger partial charge >= 0.3 is 0 Å². The van der Waals surface area contributed by atoms with E-state index in [-0.39, 0.29) is 46.8 Å². The molecule has 3 rings (SSSR count). The minimum atomic E-state index is -0.339. The molecule has 3 aliphatic carbocycles. The van der Waals surface area contributed by atoms with Crippen LogP contribution >= 0.6 is 0 Å². The quantitative estimate of drug-likeness (QED) is 0.583. The van der Waals surface area contributed by atoms with E-state index in [1.165, 1.54) is 0 Å². The number of aliphatic hydroxyl groups excluding tert-OH is 2. The Balaban J connectivity index is 1.86. The number of fused-ring (bicyclic) bond motifs is 1. The zero-order chi connectivity index (χ0) is 17.0. The van der Waals surface area contributed by atoms with Gasteiger partial charge in [-0.1, -0.05) is 26.0 Å². The molecule has 3 saturated carbocycles. The number of aliphatic hydroxyl groups is 2. The molecule has 8 atom stereocenters. The van der Waals surface area contributed by atoms with Gasteiger partial charge < -0.3 is 21.7 Å². The summed E-state index contributed by atoms with van der Waals surface area (Å²) in [5.74, 6) is 0.749. The Morgan fingerprint density at radius 2 is 1.83 bits per heavy atom. The zero-order valence-electron chi connectivity index (χ0n) is 14.7. The number of rotatable bonds is 2. The van der Waals surface area contributed by atoms with E-state index < -0.39 is 0 Å². The normalized spacial score (nSPS) is 54.1. The number of nitrogens with two attached hydrogens (primary N) is 2. The van der Waals surface area contributed by atoms with Crippen molar-refractivity contribution >= 4 is 0 Å². The van der Waals surface area contributed by atoms with Crippen molar-refractivity contribution in [2.75, 3.05) is 6.54 Å². The average Bonchev–Trinajstić information content (AvgIpc) is 2.75. The molecule has 6 N–H and O–H groups in total. The van der Waals surface area contributed by atoms with Crippen LogP contribution in [0.15, 0.2) is 12.2 Å². The van der Waals surface area contributed by atoms with Crippen LogP contribution in [0.5, 0.6) is 0 Å². The third kappa shape index (κ3) is 2.50. The molecule has 0 aromatic carbocycles. The lowest BCUT2D eigenvalue weighted by Crippen LogP contribution is -2.54. The third-order valence-corrected chi connectivity index (χ3v) is 7.94.